The van der Waals surface area contributed by atoms with Crippen molar-refractivity contribution in [3.8, 4) is 0 Å². The van der Waals surface area contributed by atoms with Crippen LogP contribution in [0.1, 0.15) is 25.3 Å². The predicted octanol–water partition coefficient (Wildman–Crippen LogP) is 1.33. The van der Waals surface area contributed by atoms with Gasteiger partial charge in [0.15, 0.2) is 0 Å². The smallest absolute Gasteiger partial charge is 0.315 e. The Morgan fingerprint density at radius 2 is 2.14 bits per heavy atom. The Kier molecular flexibility index (Phi) is 6.02. The van der Waals surface area contributed by atoms with Crippen molar-refractivity contribution in [1.29, 1.82) is 0 Å². The highest BCUT2D eigenvalue weighted by molar-refractivity contribution is 5.74. The van der Waals surface area contributed by atoms with E-state index >= 15 is 0 Å². The van der Waals surface area contributed by atoms with E-state index in [4.69, 9.17) is 5.11 Å². The molecule has 0 aliphatic carbocycles. The first-order valence-corrected chi connectivity index (χ1v) is 7.62. The summed E-state index contributed by atoms with van der Waals surface area (Å²) in [6.45, 7) is 4.43. The number of aliphatic hydroxyl groups is 1. The topological polar surface area (TPSA) is 64.6 Å². The molecule has 2 rings (SSSR count). The zero-order valence-electron chi connectivity index (χ0n) is 12.6. The maximum absolute atomic E-state index is 11.6. The first-order valence-electron chi connectivity index (χ1n) is 7.62. The number of amides is 2. The van der Waals surface area contributed by atoms with Gasteiger partial charge >= 0.3 is 6.03 Å². The summed E-state index contributed by atoms with van der Waals surface area (Å²) in [4.78, 5) is 14.1. The first-order chi connectivity index (χ1) is 10.2. The zero-order chi connectivity index (χ0) is 15.1. The van der Waals surface area contributed by atoms with E-state index < -0.39 is 0 Å². The molecule has 2 amide bonds. The van der Waals surface area contributed by atoms with Crippen LogP contribution in [0.5, 0.6) is 0 Å². The SMILES string of the molecule is CC1CC(NC(=O)NCCO)CCN1Cc1ccccc1. The molecule has 1 aromatic rings. The summed E-state index contributed by atoms with van der Waals surface area (Å²) in [6.07, 6.45) is 1.92. The Morgan fingerprint density at radius 1 is 1.38 bits per heavy atom. The number of nitrogens with zero attached hydrogens (tertiary/aromatic N) is 1. The van der Waals surface area contributed by atoms with Gasteiger partial charge < -0.3 is 15.7 Å². The molecular weight excluding hydrogens is 266 g/mol. The standard InChI is InChI=1S/C16H25N3O2/c1-13-11-15(18-16(21)17-8-10-20)7-9-19(13)12-14-5-3-2-4-6-14/h2-6,13,15,20H,7-12H2,1H3,(H2,17,18,21). The second-order valence-electron chi connectivity index (χ2n) is 5.65. The van der Waals surface area contributed by atoms with Gasteiger partial charge in [0.05, 0.1) is 6.61 Å². The van der Waals surface area contributed by atoms with Crippen LogP contribution in [0.15, 0.2) is 30.3 Å². The number of hydrogen-bond donors (Lipinski definition) is 3. The maximum Gasteiger partial charge on any atom is 0.315 e. The van der Waals surface area contributed by atoms with Gasteiger partial charge in [-0.1, -0.05) is 30.3 Å². The van der Waals surface area contributed by atoms with Crippen molar-refractivity contribution in [3.05, 3.63) is 35.9 Å². The average Bonchev–Trinajstić information content (AvgIpc) is 2.49. The number of carbonyl (C=O) groups excluding carboxylic acids is 1. The number of urea groups is 1. The van der Waals surface area contributed by atoms with Gasteiger partial charge in [0.1, 0.15) is 0 Å². The van der Waals surface area contributed by atoms with Crippen LogP contribution in [0.25, 0.3) is 0 Å². The summed E-state index contributed by atoms with van der Waals surface area (Å²) in [5.41, 5.74) is 1.33. The number of likely N-dealkylation sites (tertiary alicyclic amines) is 1. The highest BCUT2D eigenvalue weighted by atomic mass is 16.3. The van der Waals surface area contributed by atoms with Crippen LogP contribution >= 0.6 is 0 Å². The number of carbonyl (C=O) groups is 1. The lowest BCUT2D eigenvalue weighted by Gasteiger charge is -2.38. The monoisotopic (exact) mass is 291 g/mol. The van der Waals surface area contributed by atoms with Crippen LogP contribution in [-0.4, -0.2) is 47.8 Å². The first kappa shape index (κ1) is 15.8. The minimum Gasteiger partial charge on any atom is -0.395 e. The van der Waals surface area contributed by atoms with E-state index in [1.165, 1.54) is 5.56 Å². The van der Waals surface area contributed by atoms with Crippen LogP contribution in [0.3, 0.4) is 0 Å². The van der Waals surface area contributed by atoms with Gasteiger partial charge in [0.2, 0.25) is 0 Å². The quantitative estimate of drug-likeness (QED) is 0.767. The minimum atomic E-state index is -0.183. The second kappa shape index (κ2) is 8.00. The molecule has 5 nitrogen and oxygen atoms in total. The lowest BCUT2D eigenvalue weighted by Crippen LogP contribution is -2.51. The molecule has 1 heterocycles. The summed E-state index contributed by atoms with van der Waals surface area (Å²) in [7, 11) is 0. The van der Waals surface area contributed by atoms with Crippen molar-refractivity contribution >= 4 is 6.03 Å². The van der Waals surface area contributed by atoms with Crippen LogP contribution in [0.2, 0.25) is 0 Å². The second-order valence-corrected chi connectivity index (χ2v) is 5.65. The van der Waals surface area contributed by atoms with Gasteiger partial charge in [-0.05, 0) is 25.3 Å². The van der Waals surface area contributed by atoms with Crippen LogP contribution in [0.4, 0.5) is 4.79 Å². The Bertz CT molecular complexity index is 438. The lowest BCUT2D eigenvalue weighted by atomic mass is 9.97. The largest absolute Gasteiger partial charge is 0.395 e. The molecule has 1 aliphatic heterocycles. The molecular formula is C16H25N3O2. The zero-order valence-corrected chi connectivity index (χ0v) is 12.6. The van der Waals surface area contributed by atoms with Crippen LogP contribution in [0, 0.1) is 0 Å². The van der Waals surface area contributed by atoms with Gasteiger partial charge in [-0.3, -0.25) is 4.90 Å². The Morgan fingerprint density at radius 3 is 2.81 bits per heavy atom. The fourth-order valence-corrected chi connectivity index (χ4v) is 2.81. The molecule has 1 aliphatic rings. The number of rotatable bonds is 5. The van der Waals surface area contributed by atoms with E-state index in [9.17, 15) is 4.79 Å². The Labute approximate surface area is 126 Å². The minimum absolute atomic E-state index is 0.0284. The predicted molar refractivity (Wildman–Crippen MR) is 83.0 cm³/mol. The van der Waals surface area contributed by atoms with E-state index in [0.717, 1.165) is 25.9 Å². The summed E-state index contributed by atoms with van der Waals surface area (Å²) >= 11 is 0. The van der Waals surface area contributed by atoms with Crippen molar-refractivity contribution in [2.45, 2.75) is 38.4 Å². The normalized spacial score (nSPS) is 22.8. The van der Waals surface area contributed by atoms with E-state index in [1.807, 2.05) is 6.07 Å². The molecule has 1 aromatic carbocycles. The fraction of sp³-hybridized carbons (Fsp3) is 0.562. The molecule has 0 aromatic heterocycles. The number of aliphatic hydroxyl groups excluding tert-OH is 1. The van der Waals surface area contributed by atoms with Crippen molar-refractivity contribution in [3.63, 3.8) is 0 Å². The van der Waals surface area contributed by atoms with Crippen molar-refractivity contribution < 1.29 is 9.90 Å². The summed E-state index contributed by atoms with van der Waals surface area (Å²) in [5, 5.41) is 14.3. The molecule has 5 heteroatoms. The lowest BCUT2D eigenvalue weighted by molar-refractivity contribution is 0.130. The van der Waals surface area contributed by atoms with E-state index in [2.05, 4.69) is 46.7 Å². The molecule has 2 unspecified atom stereocenters. The number of hydrogen-bond acceptors (Lipinski definition) is 3. The van der Waals surface area contributed by atoms with Gasteiger partial charge in [0.25, 0.3) is 0 Å². The third-order valence-corrected chi connectivity index (χ3v) is 3.97. The van der Waals surface area contributed by atoms with Gasteiger partial charge in [-0.25, -0.2) is 4.79 Å². The number of benzene rings is 1. The van der Waals surface area contributed by atoms with Crippen LogP contribution < -0.4 is 10.6 Å². The molecule has 2 atom stereocenters. The molecule has 3 N–H and O–H groups in total. The summed E-state index contributed by atoms with van der Waals surface area (Å²) in [5.74, 6) is 0. The third-order valence-electron chi connectivity index (χ3n) is 3.97. The highest BCUT2D eigenvalue weighted by Crippen LogP contribution is 2.19. The van der Waals surface area contributed by atoms with E-state index in [0.29, 0.717) is 12.6 Å². The average molecular weight is 291 g/mol. The van der Waals surface area contributed by atoms with Gasteiger partial charge in [-0.15, -0.1) is 0 Å². The highest BCUT2D eigenvalue weighted by Gasteiger charge is 2.26. The maximum atomic E-state index is 11.6. The molecule has 0 radical (unpaired) electrons. The summed E-state index contributed by atoms with van der Waals surface area (Å²) < 4.78 is 0. The van der Waals surface area contributed by atoms with E-state index in [1.54, 1.807) is 0 Å². The molecule has 1 saturated heterocycles. The van der Waals surface area contributed by atoms with Crippen molar-refractivity contribution in [1.82, 2.24) is 15.5 Å². The van der Waals surface area contributed by atoms with Gasteiger partial charge in [-0.2, -0.15) is 0 Å². The van der Waals surface area contributed by atoms with E-state index in [-0.39, 0.29) is 18.7 Å². The number of piperidine rings is 1. The summed E-state index contributed by atoms with van der Waals surface area (Å²) in [6, 6.07) is 11.0. The molecule has 0 spiro atoms. The Hall–Kier alpha value is -1.59. The van der Waals surface area contributed by atoms with Gasteiger partial charge in [0, 0.05) is 31.7 Å². The molecule has 21 heavy (non-hydrogen) atoms. The number of nitrogens with one attached hydrogen (secondary N) is 2. The van der Waals surface area contributed by atoms with Crippen molar-refractivity contribution in [2.75, 3.05) is 19.7 Å². The molecule has 0 bridgehead atoms. The van der Waals surface area contributed by atoms with Crippen molar-refractivity contribution in [2.24, 2.45) is 0 Å². The Balaban J connectivity index is 1.78. The molecule has 1 fully saturated rings. The third kappa shape index (κ3) is 5.02. The molecule has 0 saturated carbocycles. The molecule has 116 valence electrons. The fourth-order valence-electron chi connectivity index (χ4n) is 2.81. The van der Waals surface area contributed by atoms with Crippen LogP contribution in [-0.2, 0) is 6.54 Å².